The van der Waals surface area contributed by atoms with Crippen LogP contribution >= 0.6 is 0 Å². The molecule has 0 saturated heterocycles. The van der Waals surface area contributed by atoms with Crippen LogP contribution in [0.2, 0.25) is 0 Å². The van der Waals surface area contributed by atoms with Gasteiger partial charge in [-0.15, -0.1) is 0 Å². The molecule has 0 radical (unpaired) electrons. The number of ether oxygens (including phenoxy) is 1. The highest BCUT2D eigenvalue weighted by Crippen LogP contribution is 2.22. The Morgan fingerprint density at radius 2 is 1.23 bits per heavy atom. The fourth-order valence-electron chi connectivity index (χ4n) is 5.39. The molecule has 5 aromatic rings. The zero-order valence-electron chi connectivity index (χ0n) is 27.7. The van der Waals surface area contributed by atoms with Crippen LogP contribution in [-0.2, 0) is 32.8 Å². The lowest BCUT2D eigenvalue weighted by Gasteiger charge is -2.23. The van der Waals surface area contributed by atoms with Gasteiger partial charge in [0.05, 0.1) is 17.5 Å². The van der Waals surface area contributed by atoms with Gasteiger partial charge >= 0.3 is 0 Å². The third kappa shape index (κ3) is 12.6. The van der Waals surface area contributed by atoms with Gasteiger partial charge in [-0.05, 0) is 71.6 Å². The first-order chi connectivity index (χ1) is 23.7. The van der Waals surface area contributed by atoms with E-state index in [1.165, 1.54) is 11.1 Å². The van der Waals surface area contributed by atoms with E-state index in [9.17, 15) is 5.11 Å². The van der Waals surface area contributed by atoms with Crippen LogP contribution in [0.3, 0.4) is 0 Å². The molecule has 250 valence electrons. The molecular formula is C40H48N6O2. The Hall–Kier alpha value is -4.44. The van der Waals surface area contributed by atoms with Gasteiger partial charge in [-0.1, -0.05) is 78.9 Å². The van der Waals surface area contributed by atoms with Crippen LogP contribution in [0.1, 0.15) is 46.2 Å². The van der Waals surface area contributed by atoms with Gasteiger partial charge in [0.1, 0.15) is 12.4 Å². The van der Waals surface area contributed by atoms with Crippen molar-refractivity contribution < 1.29 is 9.84 Å². The Balaban J connectivity index is 1.03. The molecule has 8 nitrogen and oxygen atoms in total. The lowest BCUT2D eigenvalue weighted by molar-refractivity contribution is 0.166. The highest BCUT2D eigenvalue weighted by Gasteiger charge is 2.10. The molecule has 0 saturated carbocycles. The van der Waals surface area contributed by atoms with Crippen molar-refractivity contribution >= 4 is 0 Å². The average molecular weight is 645 g/mol. The standard InChI is InChI=1S/C40H48N6O2/c47-40(36-11-8-14-39(27-36)48-32-35-9-2-1-3-10-35)19-22-41-28-33-15-17-34(18-16-33)31-46(25-23-42-29-37-12-4-6-20-44-37)26-24-43-30-38-13-5-7-21-45-38/h1-18,20-21,27,40-43,47H,19,22-26,28-32H2. The first kappa shape index (κ1) is 34.9. The van der Waals surface area contributed by atoms with Gasteiger partial charge in [0.2, 0.25) is 0 Å². The molecule has 3 aromatic carbocycles. The molecule has 8 heteroatoms. The summed E-state index contributed by atoms with van der Waals surface area (Å²) < 4.78 is 5.94. The third-order valence-electron chi connectivity index (χ3n) is 8.12. The predicted molar refractivity (Wildman–Crippen MR) is 192 cm³/mol. The molecule has 48 heavy (non-hydrogen) atoms. The van der Waals surface area contributed by atoms with Gasteiger partial charge in [-0.2, -0.15) is 0 Å². The molecule has 1 atom stereocenters. The van der Waals surface area contributed by atoms with Crippen molar-refractivity contribution in [2.45, 2.75) is 45.3 Å². The molecule has 1 unspecified atom stereocenters. The number of aliphatic hydroxyl groups excluding tert-OH is 1. The van der Waals surface area contributed by atoms with E-state index in [4.69, 9.17) is 4.74 Å². The SMILES string of the molecule is OC(CCNCc1ccc(CN(CCNCc2ccccn2)CCNCc2ccccn2)cc1)c1cccc(OCc2ccccc2)c1. The molecule has 5 rings (SSSR count). The van der Waals surface area contributed by atoms with Gasteiger partial charge in [-0.3, -0.25) is 14.9 Å². The number of aromatic nitrogens is 2. The summed E-state index contributed by atoms with van der Waals surface area (Å²) in [5, 5.41) is 21.4. The Morgan fingerprint density at radius 1 is 0.604 bits per heavy atom. The second-order valence-electron chi connectivity index (χ2n) is 11.9. The average Bonchev–Trinajstić information content (AvgIpc) is 3.14. The summed E-state index contributed by atoms with van der Waals surface area (Å²) in [6, 6.07) is 38.7. The van der Waals surface area contributed by atoms with E-state index >= 15 is 0 Å². The van der Waals surface area contributed by atoms with Gasteiger partial charge < -0.3 is 25.8 Å². The van der Waals surface area contributed by atoms with E-state index in [2.05, 4.69) is 55.1 Å². The van der Waals surface area contributed by atoms with E-state index in [0.717, 1.165) is 80.6 Å². The number of pyridine rings is 2. The highest BCUT2D eigenvalue weighted by atomic mass is 16.5. The molecule has 0 amide bonds. The van der Waals surface area contributed by atoms with Crippen molar-refractivity contribution in [2.24, 2.45) is 0 Å². The van der Waals surface area contributed by atoms with Crippen LogP contribution in [0.15, 0.2) is 128 Å². The van der Waals surface area contributed by atoms with Crippen molar-refractivity contribution in [3.63, 3.8) is 0 Å². The Bertz CT molecular complexity index is 1530. The summed E-state index contributed by atoms with van der Waals surface area (Å²) in [4.78, 5) is 11.3. The Labute approximate surface area is 285 Å². The first-order valence-corrected chi connectivity index (χ1v) is 16.9. The minimum absolute atomic E-state index is 0.506. The fraction of sp³-hybridized carbons (Fsp3) is 0.300. The predicted octanol–water partition coefficient (Wildman–Crippen LogP) is 5.65. The van der Waals surface area contributed by atoms with Crippen molar-refractivity contribution in [1.29, 1.82) is 0 Å². The maximum Gasteiger partial charge on any atom is 0.120 e. The molecule has 0 fully saturated rings. The molecular weight excluding hydrogens is 596 g/mol. The summed E-state index contributed by atoms with van der Waals surface area (Å²) in [5.41, 5.74) is 6.61. The van der Waals surface area contributed by atoms with Crippen LogP contribution in [0, 0.1) is 0 Å². The number of rotatable bonds is 21. The number of hydrogen-bond donors (Lipinski definition) is 4. The summed E-state index contributed by atoms with van der Waals surface area (Å²) in [6.07, 6.45) is 3.74. The summed E-state index contributed by atoms with van der Waals surface area (Å²) in [5.74, 6) is 0.767. The molecule has 0 bridgehead atoms. The van der Waals surface area contributed by atoms with Crippen LogP contribution in [0.5, 0.6) is 5.75 Å². The molecule has 2 heterocycles. The minimum atomic E-state index is -0.553. The second-order valence-corrected chi connectivity index (χ2v) is 11.9. The van der Waals surface area contributed by atoms with E-state index in [1.807, 2.05) is 103 Å². The fourth-order valence-corrected chi connectivity index (χ4v) is 5.39. The normalized spacial score (nSPS) is 11.9. The quantitative estimate of drug-likeness (QED) is 0.0762. The number of benzene rings is 3. The first-order valence-electron chi connectivity index (χ1n) is 16.9. The van der Waals surface area contributed by atoms with Gasteiger partial charge in [0, 0.05) is 64.8 Å². The summed E-state index contributed by atoms with van der Waals surface area (Å²) in [7, 11) is 0. The highest BCUT2D eigenvalue weighted by molar-refractivity contribution is 5.30. The van der Waals surface area contributed by atoms with Crippen LogP contribution in [-0.4, -0.2) is 52.7 Å². The summed E-state index contributed by atoms with van der Waals surface area (Å²) in [6.45, 7) is 8.02. The smallest absolute Gasteiger partial charge is 0.120 e. The van der Waals surface area contributed by atoms with Crippen molar-refractivity contribution in [1.82, 2.24) is 30.8 Å². The number of nitrogens with one attached hydrogen (secondary N) is 3. The van der Waals surface area contributed by atoms with E-state index < -0.39 is 6.10 Å². The Kier molecular flexibility index (Phi) is 14.6. The van der Waals surface area contributed by atoms with Crippen LogP contribution in [0.4, 0.5) is 0 Å². The third-order valence-corrected chi connectivity index (χ3v) is 8.12. The van der Waals surface area contributed by atoms with Crippen LogP contribution in [0.25, 0.3) is 0 Å². The van der Waals surface area contributed by atoms with E-state index in [0.29, 0.717) is 19.6 Å². The minimum Gasteiger partial charge on any atom is -0.489 e. The van der Waals surface area contributed by atoms with Crippen molar-refractivity contribution in [3.05, 3.63) is 161 Å². The topological polar surface area (TPSA) is 94.6 Å². The molecule has 0 aliphatic heterocycles. The number of hydrogen-bond acceptors (Lipinski definition) is 8. The van der Waals surface area contributed by atoms with Gasteiger partial charge in [0.15, 0.2) is 0 Å². The van der Waals surface area contributed by atoms with Crippen molar-refractivity contribution in [3.8, 4) is 5.75 Å². The number of nitrogens with zero attached hydrogens (tertiary/aromatic N) is 3. The number of aliphatic hydroxyl groups is 1. The molecule has 0 aliphatic carbocycles. The van der Waals surface area contributed by atoms with Gasteiger partial charge in [0.25, 0.3) is 0 Å². The monoisotopic (exact) mass is 644 g/mol. The summed E-state index contributed by atoms with van der Waals surface area (Å²) >= 11 is 0. The lowest BCUT2D eigenvalue weighted by atomic mass is 10.1. The van der Waals surface area contributed by atoms with Crippen LogP contribution < -0.4 is 20.7 Å². The van der Waals surface area contributed by atoms with E-state index in [-0.39, 0.29) is 0 Å². The second kappa shape index (κ2) is 20.0. The molecule has 0 spiro atoms. The molecule has 0 aliphatic rings. The van der Waals surface area contributed by atoms with Crippen molar-refractivity contribution in [2.75, 3.05) is 32.7 Å². The lowest BCUT2D eigenvalue weighted by Crippen LogP contribution is -2.36. The largest absolute Gasteiger partial charge is 0.489 e. The van der Waals surface area contributed by atoms with E-state index in [1.54, 1.807) is 0 Å². The zero-order valence-corrected chi connectivity index (χ0v) is 27.7. The van der Waals surface area contributed by atoms with Gasteiger partial charge in [-0.25, -0.2) is 0 Å². The maximum absolute atomic E-state index is 10.8. The zero-order chi connectivity index (χ0) is 33.1. The Morgan fingerprint density at radius 3 is 1.88 bits per heavy atom. The maximum atomic E-state index is 10.8. The molecule has 4 N–H and O–H groups in total. The molecule has 2 aromatic heterocycles.